The minimum absolute atomic E-state index is 0.134. The van der Waals surface area contributed by atoms with Crippen molar-refractivity contribution in [1.29, 1.82) is 0 Å². The number of benzene rings is 1. The molecule has 1 aliphatic rings. The van der Waals surface area contributed by atoms with E-state index in [0.29, 0.717) is 37.4 Å². The number of rotatable bonds is 5. The van der Waals surface area contributed by atoms with Crippen LogP contribution in [0.25, 0.3) is 10.9 Å². The molecule has 0 unspecified atom stereocenters. The van der Waals surface area contributed by atoms with Gasteiger partial charge in [0.15, 0.2) is 5.75 Å². The largest absolute Gasteiger partial charge is 0.465 e. The second kappa shape index (κ2) is 9.35. The average Bonchev–Trinajstić information content (AvgIpc) is 3.21. The second-order valence-electron chi connectivity index (χ2n) is 7.76. The topological polar surface area (TPSA) is 110 Å². The number of alkyl halides is 5. The van der Waals surface area contributed by atoms with Crippen molar-refractivity contribution in [2.24, 2.45) is 0 Å². The van der Waals surface area contributed by atoms with E-state index in [0.717, 1.165) is 12.1 Å². The summed E-state index contributed by atoms with van der Waals surface area (Å²) in [4.78, 5) is 28.2. The standard InChI is InChI=1S/C21H18F5N5O4/c22-19(23)35-16-9-14-11(10-31(29-14)12-4-6-30(7-5-12)20(33)34)8-15(16)28-18(32)13-2-1-3-17(27-13)21(24,25)26/h1-3,8-10,12,19H,4-7H2,(H,28,32)(H,33,34). The zero-order chi connectivity index (χ0) is 25.3. The van der Waals surface area contributed by atoms with Crippen LogP contribution in [0.3, 0.4) is 0 Å². The van der Waals surface area contributed by atoms with Gasteiger partial charge in [-0.1, -0.05) is 6.07 Å². The molecule has 1 fully saturated rings. The number of likely N-dealkylation sites (tertiary alicyclic amines) is 1. The first kappa shape index (κ1) is 24.2. The van der Waals surface area contributed by atoms with Gasteiger partial charge < -0.3 is 20.1 Å². The number of amides is 2. The maximum absolute atomic E-state index is 13.0. The number of carboxylic acid groups (broad SMARTS) is 1. The lowest BCUT2D eigenvalue weighted by Gasteiger charge is -2.29. The van der Waals surface area contributed by atoms with Crippen LogP contribution in [0, 0.1) is 0 Å². The Kier molecular flexibility index (Phi) is 6.45. The number of nitrogens with one attached hydrogen (secondary N) is 1. The molecule has 0 bridgehead atoms. The van der Waals surface area contributed by atoms with Crippen molar-refractivity contribution in [2.75, 3.05) is 18.4 Å². The molecule has 4 rings (SSSR count). The Morgan fingerprint density at radius 2 is 1.89 bits per heavy atom. The van der Waals surface area contributed by atoms with E-state index < -0.39 is 41.9 Å². The number of ether oxygens (including phenoxy) is 1. The van der Waals surface area contributed by atoms with Gasteiger partial charge in [0.25, 0.3) is 5.91 Å². The molecule has 35 heavy (non-hydrogen) atoms. The molecule has 3 heterocycles. The quantitative estimate of drug-likeness (QED) is 0.496. The Labute approximate surface area is 194 Å². The SMILES string of the molecule is O=C(Nc1cc2cn(C3CCN(C(=O)O)CC3)nc2cc1OC(F)F)c1cccc(C(F)(F)F)n1. The smallest absolute Gasteiger partial charge is 0.433 e. The van der Waals surface area contributed by atoms with Crippen LogP contribution in [0.2, 0.25) is 0 Å². The molecule has 1 aliphatic heterocycles. The normalized spacial score (nSPS) is 15.0. The fourth-order valence-electron chi connectivity index (χ4n) is 3.78. The molecule has 2 aromatic heterocycles. The Bertz CT molecular complexity index is 1250. The summed E-state index contributed by atoms with van der Waals surface area (Å²) in [5, 5.41) is 16.2. The summed E-state index contributed by atoms with van der Waals surface area (Å²) in [5.74, 6) is -1.48. The number of piperidine rings is 1. The van der Waals surface area contributed by atoms with Crippen molar-refractivity contribution in [3.8, 4) is 5.75 Å². The number of carbonyl (C=O) groups excluding carboxylic acids is 1. The van der Waals surface area contributed by atoms with Crippen LogP contribution in [0.5, 0.6) is 5.75 Å². The van der Waals surface area contributed by atoms with Crippen LogP contribution in [0.4, 0.5) is 32.4 Å². The molecule has 14 heteroatoms. The molecule has 2 N–H and O–H groups in total. The summed E-state index contributed by atoms with van der Waals surface area (Å²) >= 11 is 0. The Hall–Kier alpha value is -3.97. The Balaban J connectivity index is 1.61. The maximum Gasteiger partial charge on any atom is 0.433 e. The third kappa shape index (κ3) is 5.41. The van der Waals surface area contributed by atoms with E-state index in [1.165, 1.54) is 17.0 Å². The van der Waals surface area contributed by atoms with Gasteiger partial charge in [-0.05, 0) is 31.0 Å². The molecule has 0 aliphatic carbocycles. The van der Waals surface area contributed by atoms with E-state index >= 15 is 0 Å². The molecule has 0 atom stereocenters. The molecule has 0 radical (unpaired) electrons. The van der Waals surface area contributed by atoms with Gasteiger partial charge in [-0.15, -0.1) is 0 Å². The van der Waals surface area contributed by atoms with Crippen LogP contribution in [-0.2, 0) is 6.18 Å². The second-order valence-corrected chi connectivity index (χ2v) is 7.76. The van der Waals surface area contributed by atoms with Crippen LogP contribution in [0.1, 0.15) is 35.1 Å². The maximum atomic E-state index is 13.0. The summed E-state index contributed by atoms with van der Waals surface area (Å²) in [5.41, 5.74) is -1.78. The minimum Gasteiger partial charge on any atom is -0.465 e. The summed E-state index contributed by atoms with van der Waals surface area (Å²) < 4.78 is 70.8. The number of nitrogens with zero attached hydrogens (tertiary/aromatic N) is 4. The monoisotopic (exact) mass is 499 g/mol. The highest BCUT2D eigenvalue weighted by atomic mass is 19.4. The van der Waals surface area contributed by atoms with E-state index in [-0.39, 0.29) is 17.2 Å². The Morgan fingerprint density at radius 3 is 2.51 bits per heavy atom. The fraction of sp³-hybridized carbons (Fsp3) is 0.333. The lowest BCUT2D eigenvalue weighted by Crippen LogP contribution is -2.38. The molecule has 186 valence electrons. The number of pyridine rings is 1. The molecule has 3 aromatic rings. The van der Waals surface area contributed by atoms with Crippen LogP contribution >= 0.6 is 0 Å². The number of carbonyl (C=O) groups is 2. The van der Waals surface area contributed by atoms with Crippen molar-refractivity contribution < 1.29 is 41.4 Å². The van der Waals surface area contributed by atoms with E-state index in [1.54, 1.807) is 10.9 Å². The lowest BCUT2D eigenvalue weighted by atomic mass is 10.1. The molecule has 1 aromatic carbocycles. The highest BCUT2D eigenvalue weighted by Crippen LogP contribution is 2.33. The first-order chi connectivity index (χ1) is 16.5. The number of fused-ring (bicyclic) bond motifs is 1. The molecule has 0 spiro atoms. The Morgan fingerprint density at radius 1 is 1.17 bits per heavy atom. The average molecular weight is 499 g/mol. The van der Waals surface area contributed by atoms with Crippen molar-refractivity contribution in [2.45, 2.75) is 31.7 Å². The van der Waals surface area contributed by atoms with Gasteiger partial charge in [0, 0.05) is 30.7 Å². The number of hydrogen-bond donors (Lipinski definition) is 2. The van der Waals surface area contributed by atoms with Gasteiger partial charge in [-0.2, -0.15) is 27.1 Å². The van der Waals surface area contributed by atoms with E-state index in [4.69, 9.17) is 5.11 Å². The van der Waals surface area contributed by atoms with Crippen LogP contribution in [0.15, 0.2) is 36.5 Å². The summed E-state index contributed by atoms with van der Waals surface area (Å²) in [6.45, 7) is -2.63. The summed E-state index contributed by atoms with van der Waals surface area (Å²) in [7, 11) is 0. The summed E-state index contributed by atoms with van der Waals surface area (Å²) in [6.07, 6.45) is -3.19. The van der Waals surface area contributed by atoms with Gasteiger partial charge in [0.1, 0.15) is 11.4 Å². The highest BCUT2D eigenvalue weighted by Gasteiger charge is 2.33. The van der Waals surface area contributed by atoms with Crippen molar-refractivity contribution in [1.82, 2.24) is 19.7 Å². The number of hydrogen-bond acceptors (Lipinski definition) is 5. The summed E-state index contributed by atoms with van der Waals surface area (Å²) in [6, 6.07) is 5.12. The number of halogens is 5. The molecule has 0 saturated carbocycles. The van der Waals surface area contributed by atoms with Gasteiger partial charge in [-0.25, -0.2) is 9.78 Å². The van der Waals surface area contributed by atoms with Crippen LogP contribution in [-0.4, -0.2) is 56.5 Å². The molecule has 9 nitrogen and oxygen atoms in total. The fourth-order valence-corrected chi connectivity index (χ4v) is 3.78. The van der Waals surface area contributed by atoms with E-state index in [1.807, 2.05) is 0 Å². The van der Waals surface area contributed by atoms with Gasteiger partial charge >= 0.3 is 18.9 Å². The predicted molar refractivity (Wildman–Crippen MR) is 111 cm³/mol. The van der Waals surface area contributed by atoms with Crippen molar-refractivity contribution in [3.63, 3.8) is 0 Å². The molecule has 2 amide bonds. The number of anilines is 1. The number of aromatic nitrogens is 3. The van der Waals surface area contributed by atoms with E-state index in [9.17, 15) is 31.5 Å². The minimum atomic E-state index is -4.77. The third-order valence-corrected chi connectivity index (χ3v) is 5.47. The van der Waals surface area contributed by atoms with E-state index in [2.05, 4.69) is 20.1 Å². The first-order valence-electron chi connectivity index (χ1n) is 10.3. The van der Waals surface area contributed by atoms with Crippen LogP contribution < -0.4 is 10.1 Å². The third-order valence-electron chi connectivity index (χ3n) is 5.47. The predicted octanol–water partition coefficient (Wildman–Crippen LogP) is 4.62. The first-order valence-corrected chi connectivity index (χ1v) is 10.3. The van der Waals surface area contributed by atoms with Gasteiger partial charge in [-0.3, -0.25) is 9.48 Å². The zero-order valence-corrected chi connectivity index (χ0v) is 17.8. The van der Waals surface area contributed by atoms with Gasteiger partial charge in [0.2, 0.25) is 0 Å². The van der Waals surface area contributed by atoms with Gasteiger partial charge in [0.05, 0.1) is 17.2 Å². The molecular formula is C21H18F5N5O4. The lowest BCUT2D eigenvalue weighted by molar-refractivity contribution is -0.141. The van der Waals surface area contributed by atoms with Crippen molar-refractivity contribution >= 4 is 28.6 Å². The molecule has 1 saturated heterocycles. The zero-order valence-electron chi connectivity index (χ0n) is 17.8. The van der Waals surface area contributed by atoms with Crippen molar-refractivity contribution in [3.05, 3.63) is 47.9 Å². The molecular weight excluding hydrogens is 481 g/mol. The highest BCUT2D eigenvalue weighted by molar-refractivity contribution is 6.05.